The van der Waals surface area contributed by atoms with Crippen LogP contribution < -0.4 is 5.32 Å². The van der Waals surface area contributed by atoms with E-state index in [9.17, 15) is 0 Å². The van der Waals surface area contributed by atoms with E-state index in [-0.39, 0.29) is 0 Å². The van der Waals surface area contributed by atoms with Crippen molar-refractivity contribution in [3.05, 3.63) is 34.5 Å². The summed E-state index contributed by atoms with van der Waals surface area (Å²) in [6.07, 6.45) is 6.96. The van der Waals surface area contributed by atoms with Crippen LogP contribution in [-0.2, 0) is 13.6 Å². The van der Waals surface area contributed by atoms with E-state index in [1.54, 1.807) is 11.3 Å². The van der Waals surface area contributed by atoms with Crippen LogP contribution >= 0.6 is 11.3 Å². The normalized spacial score (nSPS) is 12.9. The fourth-order valence-electron chi connectivity index (χ4n) is 1.67. The number of aryl methyl sites for hydroxylation is 1. The minimum Gasteiger partial charge on any atom is -0.305 e. The Balaban J connectivity index is 1.96. The molecule has 0 aliphatic rings. The van der Waals surface area contributed by atoms with Crippen LogP contribution in [-0.4, -0.2) is 14.8 Å². The van der Waals surface area contributed by atoms with Gasteiger partial charge in [0.05, 0.1) is 11.7 Å². The van der Waals surface area contributed by atoms with Crippen molar-refractivity contribution < 1.29 is 0 Å². The van der Waals surface area contributed by atoms with Crippen LogP contribution in [0.4, 0.5) is 0 Å². The number of hydrogen-bond donors (Lipinski definition) is 1. The third-order valence-corrected chi connectivity index (χ3v) is 3.32. The van der Waals surface area contributed by atoms with Crippen LogP contribution in [0.3, 0.4) is 0 Å². The molecule has 2 heterocycles. The van der Waals surface area contributed by atoms with Gasteiger partial charge in [0.25, 0.3) is 0 Å². The Morgan fingerprint density at radius 1 is 1.50 bits per heavy atom. The lowest BCUT2D eigenvalue weighted by atomic mass is 10.1. The highest BCUT2D eigenvalue weighted by Crippen LogP contribution is 2.16. The highest BCUT2D eigenvalue weighted by Gasteiger charge is 2.10. The van der Waals surface area contributed by atoms with Gasteiger partial charge in [0.1, 0.15) is 0 Å². The molecule has 0 saturated heterocycles. The summed E-state index contributed by atoms with van der Waals surface area (Å²) < 4.78 is 1.84. The molecular formula is C11H16N4S. The van der Waals surface area contributed by atoms with E-state index < -0.39 is 0 Å². The molecule has 0 fully saturated rings. The highest BCUT2D eigenvalue weighted by molar-refractivity contribution is 7.09. The molecule has 0 aromatic carbocycles. The lowest BCUT2D eigenvalue weighted by molar-refractivity contribution is 0.521. The van der Waals surface area contributed by atoms with Crippen LogP contribution in [0.2, 0.25) is 0 Å². The maximum atomic E-state index is 4.20. The van der Waals surface area contributed by atoms with Crippen molar-refractivity contribution in [3.8, 4) is 0 Å². The average Bonchev–Trinajstić information content (AvgIpc) is 2.91. The Morgan fingerprint density at radius 3 is 2.94 bits per heavy atom. The first-order chi connectivity index (χ1) is 7.79. The van der Waals surface area contributed by atoms with E-state index in [0.717, 1.165) is 13.0 Å². The summed E-state index contributed by atoms with van der Waals surface area (Å²) in [5.74, 6) is 0. The number of rotatable bonds is 5. The third-order valence-electron chi connectivity index (χ3n) is 2.54. The lowest BCUT2D eigenvalue weighted by Crippen LogP contribution is -2.19. The summed E-state index contributed by atoms with van der Waals surface area (Å²) in [7, 11) is 1.94. The predicted octanol–water partition coefficient (Wildman–Crippen LogP) is 2.12. The molecule has 0 aliphatic heterocycles. The summed E-state index contributed by atoms with van der Waals surface area (Å²) in [4.78, 5) is 5.33. The molecular weight excluding hydrogens is 220 g/mol. The molecule has 16 heavy (non-hydrogen) atoms. The Hall–Kier alpha value is -1.20. The molecule has 2 aromatic rings. The van der Waals surface area contributed by atoms with Gasteiger partial charge in [-0.3, -0.25) is 9.67 Å². The molecule has 2 rings (SSSR count). The highest BCUT2D eigenvalue weighted by atomic mass is 32.1. The minimum absolute atomic E-state index is 0.371. The van der Waals surface area contributed by atoms with Crippen molar-refractivity contribution >= 4 is 11.3 Å². The number of hydrogen-bond acceptors (Lipinski definition) is 4. The van der Waals surface area contributed by atoms with Crippen LogP contribution in [0, 0.1) is 0 Å². The zero-order valence-corrected chi connectivity index (χ0v) is 10.4. The van der Waals surface area contributed by atoms with Crippen molar-refractivity contribution in [2.24, 2.45) is 7.05 Å². The second kappa shape index (κ2) is 5.23. The fraction of sp³-hybridized carbons (Fsp3) is 0.455. The number of nitrogens with one attached hydrogen (secondary N) is 1. The first kappa shape index (κ1) is 11.3. The van der Waals surface area contributed by atoms with Crippen molar-refractivity contribution in [2.75, 3.05) is 0 Å². The van der Waals surface area contributed by atoms with Gasteiger partial charge < -0.3 is 5.32 Å². The molecule has 0 amide bonds. The van der Waals surface area contributed by atoms with E-state index in [2.05, 4.69) is 28.5 Å². The van der Waals surface area contributed by atoms with Gasteiger partial charge in [-0.1, -0.05) is 6.92 Å². The Labute approximate surface area is 99.3 Å². The minimum atomic E-state index is 0.371. The zero-order valence-electron chi connectivity index (χ0n) is 9.55. The zero-order chi connectivity index (χ0) is 11.4. The topological polar surface area (TPSA) is 42.7 Å². The standard InChI is InChI=1S/C11H16N4S/c1-3-11(9-4-14-15(2)7-9)13-6-10-5-12-8-16-10/h4-5,7-8,11,13H,3,6H2,1-2H3. The summed E-state index contributed by atoms with van der Waals surface area (Å²) in [6, 6.07) is 0.371. The molecule has 4 nitrogen and oxygen atoms in total. The van der Waals surface area contributed by atoms with Gasteiger partial charge in [-0.15, -0.1) is 11.3 Å². The van der Waals surface area contributed by atoms with Gasteiger partial charge >= 0.3 is 0 Å². The summed E-state index contributed by atoms with van der Waals surface area (Å²) in [5.41, 5.74) is 3.11. The molecule has 5 heteroatoms. The lowest BCUT2D eigenvalue weighted by Gasteiger charge is -2.14. The molecule has 0 bridgehead atoms. The van der Waals surface area contributed by atoms with Crippen molar-refractivity contribution in [3.63, 3.8) is 0 Å². The van der Waals surface area contributed by atoms with Crippen LogP contribution in [0.5, 0.6) is 0 Å². The van der Waals surface area contributed by atoms with E-state index in [0.29, 0.717) is 6.04 Å². The molecule has 86 valence electrons. The monoisotopic (exact) mass is 236 g/mol. The van der Waals surface area contributed by atoms with Crippen LogP contribution in [0.25, 0.3) is 0 Å². The van der Waals surface area contributed by atoms with Crippen LogP contribution in [0.1, 0.15) is 29.8 Å². The molecule has 0 radical (unpaired) electrons. The molecule has 2 aromatic heterocycles. The summed E-state index contributed by atoms with van der Waals surface area (Å²) in [6.45, 7) is 3.05. The summed E-state index contributed by atoms with van der Waals surface area (Å²) in [5, 5.41) is 7.72. The molecule has 0 aliphatic carbocycles. The van der Waals surface area contributed by atoms with Crippen molar-refractivity contribution in [1.82, 2.24) is 20.1 Å². The smallest absolute Gasteiger partial charge is 0.0794 e. The number of thiazole rings is 1. The van der Waals surface area contributed by atoms with Gasteiger partial charge in [0.2, 0.25) is 0 Å². The second-order valence-electron chi connectivity index (χ2n) is 3.76. The third kappa shape index (κ3) is 2.68. The van der Waals surface area contributed by atoms with Gasteiger partial charge in [-0.05, 0) is 6.42 Å². The second-order valence-corrected chi connectivity index (χ2v) is 4.73. The quantitative estimate of drug-likeness (QED) is 0.864. The Bertz CT molecular complexity index is 421. The van der Waals surface area contributed by atoms with Gasteiger partial charge in [0, 0.05) is 42.5 Å². The Morgan fingerprint density at radius 2 is 2.38 bits per heavy atom. The van der Waals surface area contributed by atoms with E-state index in [1.807, 2.05) is 29.6 Å². The van der Waals surface area contributed by atoms with Gasteiger partial charge in [0.15, 0.2) is 0 Å². The molecule has 1 atom stereocenters. The molecule has 0 spiro atoms. The summed E-state index contributed by atoms with van der Waals surface area (Å²) >= 11 is 1.68. The first-order valence-corrected chi connectivity index (χ1v) is 6.27. The van der Waals surface area contributed by atoms with Gasteiger partial charge in [-0.25, -0.2) is 0 Å². The van der Waals surface area contributed by atoms with Gasteiger partial charge in [-0.2, -0.15) is 5.10 Å². The predicted molar refractivity (Wildman–Crippen MR) is 65.2 cm³/mol. The maximum Gasteiger partial charge on any atom is 0.0794 e. The van der Waals surface area contributed by atoms with E-state index in [4.69, 9.17) is 0 Å². The molecule has 0 saturated carbocycles. The van der Waals surface area contributed by atoms with E-state index >= 15 is 0 Å². The van der Waals surface area contributed by atoms with Crippen molar-refractivity contribution in [2.45, 2.75) is 25.9 Å². The largest absolute Gasteiger partial charge is 0.305 e. The number of nitrogens with zero attached hydrogens (tertiary/aromatic N) is 3. The first-order valence-electron chi connectivity index (χ1n) is 5.39. The van der Waals surface area contributed by atoms with E-state index in [1.165, 1.54) is 10.4 Å². The average molecular weight is 236 g/mol. The van der Waals surface area contributed by atoms with Crippen molar-refractivity contribution in [1.29, 1.82) is 0 Å². The number of aromatic nitrogens is 3. The molecule has 1 unspecified atom stereocenters. The molecule has 1 N–H and O–H groups in total. The SMILES string of the molecule is CCC(NCc1cncs1)c1cnn(C)c1. The maximum absolute atomic E-state index is 4.20. The van der Waals surface area contributed by atoms with Crippen LogP contribution in [0.15, 0.2) is 24.1 Å². The Kier molecular flexibility index (Phi) is 3.69. The fourth-order valence-corrected chi connectivity index (χ4v) is 2.22.